The molecule has 2 N–H and O–H groups in total. The standard InChI is InChI=1S/C12H16N2OS/c13-12(16)10-5-6-14-7-11(10)15-8-9-3-1-2-4-9/h5-7,9H,1-4,8H2,(H2,13,16). The number of ether oxygens (including phenoxy) is 1. The third-order valence-corrected chi connectivity index (χ3v) is 3.22. The largest absolute Gasteiger partial charge is 0.491 e. The number of nitrogens with two attached hydrogens (primary N) is 1. The molecule has 4 heteroatoms. The minimum atomic E-state index is 0.365. The molecule has 2 rings (SSSR count). The van der Waals surface area contributed by atoms with Crippen molar-refractivity contribution in [2.24, 2.45) is 11.7 Å². The third-order valence-electron chi connectivity index (χ3n) is 3.00. The molecule has 1 aromatic rings. The van der Waals surface area contributed by atoms with Gasteiger partial charge in [0.15, 0.2) is 0 Å². The summed E-state index contributed by atoms with van der Waals surface area (Å²) < 4.78 is 5.75. The molecule has 0 atom stereocenters. The fourth-order valence-corrected chi connectivity index (χ4v) is 2.25. The molecule has 0 aromatic carbocycles. The van der Waals surface area contributed by atoms with Crippen molar-refractivity contribution in [2.45, 2.75) is 25.7 Å². The minimum Gasteiger partial charge on any atom is -0.491 e. The van der Waals surface area contributed by atoms with Gasteiger partial charge in [0.2, 0.25) is 0 Å². The van der Waals surface area contributed by atoms with E-state index < -0.39 is 0 Å². The molecule has 3 nitrogen and oxygen atoms in total. The molecule has 0 bridgehead atoms. The van der Waals surface area contributed by atoms with Gasteiger partial charge in [-0.05, 0) is 24.8 Å². The lowest BCUT2D eigenvalue weighted by Gasteiger charge is -2.13. The Kier molecular flexibility index (Phi) is 3.72. The maximum absolute atomic E-state index is 5.75. The summed E-state index contributed by atoms with van der Waals surface area (Å²) in [7, 11) is 0. The number of hydrogen-bond acceptors (Lipinski definition) is 3. The van der Waals surface area contributed by atoms with Gasteiger partial charge in [-0.2, -0.15) is 0 Å². The summed E-state index contributed by atoms with van der Waals surface area (Å²) in [6, 6.07) is 1.80. The number of aromatic nitrogens is 1. The molecule has 1 aromatic heterocycles. The second-order valence-corrected chi connectivity index (χ2v) is 4.64. The van der Waals surface area contributed by atoms with E-state index >= 15 is 0 Å². The van der Waals surface area contributed by atoms with E-state index in [1.165, 1.54) is 25.7 Å². The smallest absolute Gasteiger partial charge is 0.147 e. The van der Waals surface area contributed by atoms with Crippen LogP contribution in [0.2, 0.25) is 0 Å². The van der Waals surface area contributed by atoms with Crippen molar-refractivity contribution in [3.8, 4) is 5.75 Å². The van der Waals surface area contributed by atoms with Crippen LogP contribution in [-0.4, -0.2) is 16.6 Å². The Morgan fingerprint density at radius 1 is 1.50 bits per heavy atom. The maximum Gasteiger partial charge on any atom is 0.147 e. The molecule has 86 valence electrons. The van der Waals surface area contributed by atoms with Crippen LogP contribution in [-0.2, 0) is 0 Å². The maximum atomic E-state index is 5.75. The van der Waals surface area contributed by atoms with E-state index in [0.29, 0.717) is 16.7 Å². The van der Waals surface area contributed by atoms with E-state index in [4.69, 9.17) is 22.7 Å². The third kappa shape index (κ3) is 2.70. The highest BCUT2D eigenvalue weighted by atomic mass is 32.1. The number of pyridine rings is 1. The number of hydrogen-bond donors (Lipinski definition) is 1. The van der Waals surface area contributed by atoms with Gasteiger partial charge in [0.05, 0.1) is 18.4 Å². The highest BCUT2D eigenvalue weighted by Crippen LogP contribution is 2.26. The summed E-state index contributed by atoms with van der Waals surface area (Å²) >= 11 is 4.97. The second kappa shape index (κ2) is 5.25. The molecule has 1 aliphatic carbocycles. The van der Waals surface area contributed by atoms with E-state index in [9.17, 15) is 0 Å². The van der Waals surface area contributed by atoms with E-state index in [2.05, 4.69) is 4.98 Å². The van der Waals surface area contributed by atoms with Crippen LogP contribution in [0.1, 0.15) is 31.2 Å². The molecule has 0 radical (unpaired) electrons. The molecular weight excluding hydrogens is 220 g/mol. The fourth-order valence-electron chi connectivity index (χ4n) is 2.08. The van der Waals surface area contributed by atoms with Crippen molar-refractivity contribution in [3.05, 3.63) is 24.0 Å². The average Bonchev–Trinajstić information content (AvgIpc) is 2.79. The summed E-state index contributed by atoms with van der Waals surface area (Å²) in [5.74, 6) is 1.39. The highest BCUT2D eigenvalue weighted by molar-refractivity contribution is 7.80. The molecule has 1 aliphatic rings. The van der Waals surface area contributed by atoms with Gasteiger partial charge in [0.1, 0.15) is 10.7 Å². The average molecular weight is 236 g/mol. The molecule has 0 amide bonds. The fraction of sp³-hybridized carbons (Fsp3) is 0.500. The van der Waals surface area contributed by atoms with Crippen molar-refractivity contribution in [3.63, 3.8) is 0 Å². The quantitative estimate of drug-likeness (QED) is 0.815. The second-order valence-electron chi connectivity index (χ2n) is 4.20. The first-order chi connectivity index (χ1) is 7.77. The summed E-state index contributed by atoms with van der Waals surface area (Å²) in [5.41, 5.74) is 6.40. The molecule has 0 spiro atoms. The Labute approximate surface area is 101 Å². The van der Waals surface area contributed by atoms with E-state index in [-0.39, 0.29) is 0 Å². The Bertz CT molecular complexity index is 375. The monoisotopic (exact) mass is 236 g/mol. The predicted octanol–water partition coefficient (Wildman–Crippen LogP) is 2.28. The van der Waals surface area contributed by atoms with Crippen LogP contribution in [0.3, 0.4) is 0 Å². The van der Waals surface area contributed by atoms with Crippen LogP contribution in [0.25, 0.3) is 0 Å². The van der Waals surface area contributed by atoms with E-state index in [1.807, 2.05) is 0 Å². The molecule has 16 heavy (non-hydrogen) atoms. The van der Waals surface area contributed by atoms with E-state index in [0.717, 1.165) is 12.2 Å². The van der Waals surface area contributed by atoms with Gasteiger partial charge >= 0.3 is 0 Å². The first-order valence-corrected chi connectivity index (χ1v) is 6.05. The molecule has 1 heterocycles. The lowest BCUT2D eigenvalue weighted by Crippen LogP contribution is -2.14. The normalized spacial score (nSPS) is 16.2. The minimum absolute atomic E-state index is 0.365. The van der Waals surface area contributed by atoms with Crippen molar-refractivity contribution >= 4 is 17.2 Å². The summed E-state index contributed by atoms with van der Waals surface area (Å²) in [5, 5.41) is 0. The number of nitrogens with zero attached hydrogens (tertiary/aromatic N) is 1. The van der Waals surface area contributed by atoms with Gasteiger partial charge < -0.3 is 10.5 Å². The Morgan fingerprint density at radius 2 is 2.25 bits per heavy atom. The van der Waals surface area contributed by atoms with Gasteiger partial charge in [0.25, 0.3) is 0 Å². The van der Waals surface area contributed by atoms with Gasteiger partial charge in [-0.1, -0.05) is 25.1 Å². The molecule has 1 fully saturated rings. The number of rotatable bonds is 4. The van der Waals surface area contributed by atoms with Crippen LogP contribution < -0.4 is 10.5 Å². The van der Waals surface area contributed by atoms with Crippen LogP contribution in [0.4, 0.5) is 0 Å². The van der Waals surface area contributed by atoms with Gasteiger partial charge in [-0.15, -0.1) is 0 Å². The lowest BCUT2D eigenvalue weighted by atomic mass is 10.1. The molecule has 1 saturated carbocycles. The van der Waals surface area contributed by atoms with Gasteiger partial charge in [-0.3, -0.25) is 4.98 Å². The van der Waals surface area contributed by atoms with E-state index in [1.54, 1.807) is 18.5 Å². The van der Waals surface area contributed by atoms with Gasteiger partial charge in [0, 0.05) is 6.20 Å². The summed E-state index contributed by atoms with van der Waals surface area (Å²) in [4.78, 5) is 4.40. The molecular formula is C12H16N2OS. The zero-order chi connectivity index (χ0) is 11.4. The van der Waals surface area contributed by atoms with Crippen molar-refractivity contribution in [2.75, 3.05) is 6.61 Å². The first-order valence-electron chi connectivity index (χ1n) is 5.64. The highest BCUT2D eigenvalue weighted by Gasteiger charge is 2.16. The van der Waals surface area contributed by atoms with Crippen molar-refractivity contribution < 1.29 is 4.74 Å². The molecule has 0 unspecified atom stereocenters. The predicted molar refractivity (Wildman–Crippen MR) is 67.6 cm³/mol. The summed E-state index contributed by atoms with van der Waals surface area (Å²) in [6.07, 6.45) is 8.54. The van der Waals surface area contributed by atoms with Gasteiger partial charge in [-0.25, -0.2) is 0 Å². The topological polar surface area (TPSA) is 48.1 Å². The van der Waals surface area contributed by atoms with Crippen LogP contribution in [0.5, 0.6) is 5.75 Å². The van der Waals surface area contributed by atoms with Crippen LogP contribution in [0.15, 0.2) is 18.5 Å². The Balaban J connectivity index is 2.00. The molecule has 0 aliphatic heterocycles. The first kappa shape index (κ1) is 11.3. The molecule has 0 saturated heterocycles. The van der Waals surface area contributed by atoms with Crippen LogP contribution >= 0.6 is 12.2 Å². The SMILES string of the molecule is NC(=S)c1ccncc1OCC1CCCC1. The van der Waals surface area contributed by atoms with Crippen molar-refractivity contribution in [1.29, 1.82) is 0 Å². The van der Waals surface area contributed by atoms with Crippen molar-refractivity contribution in [1.82, 2.24) is 4.98 Å². The Morgan fingerprint density at radius 3 is 2.94 bits per heavy atom. The zero-order valence-electron chi connectivity index (χ0n) is 9.19. The summed E-state index contributed by atoms with van der Waals surface area (Å²) in [6.45, 7) is 0.751. The van der Waals surface area contributed by atoms with Crippen LogP contribution in [0, 0.1) is 5.92 Å². The lowest BCUT2D eigenvalue weighted by molar-refractivity contribution is 0.251. The number of thiocarbonyl (C=S) groups is 1. The zero-order valence-corrected chi connectivity index (χ0v) is 10.0. The Hall–Kier alpha value is -1.16.